The number of alkyl halides is 3. The summed E-state index contributed by atoms with van der Waals surface area (Å²) >= 11 is 6.16. The maximum atomic E-state index is 12.8. The number of hydroxylamine groups is 2. The predicted molar refractivity (Wildman–Crippen MR) is 106 cm³/mol. The third kappa shape index (κ3) is 6.47. The number of sulfone groups is 1. The van der Waals surface area contributed by atoms with Crippen LogP contribution in [0.1, 0.15) is 20.3 Å². The molecule has 0 radical (unpaired) electrons. The minimum atomic E-state index is -4.59. The molecule has 1 aromatic heterocycles. The van der Waals surface area contributed by atoms with Crippen LogP contribution >= 0.6 is 11.6 Å². The van der Waals surface area contributed by atoms with Crippen molar-refractivity contribution in [1.82, 2.24) is 14.8 Å². The van der Waals surface area contributed by atoms with Crippen molar-refractivity contribution >= 4 is 38.7 Å². The highest BCUT2D eigenvalue weighted by molar-refractivity contribution is 7.91. The minimum Gasteiger partial charge on any atom is -0.308 e. The van der Waals surface area contributed by atoms with E-state index in [2.05, 4.69) is 5.10 Å². The van der Waals surface area contributed by atoms with E-state index in [-0.39, 0.29) is 17.4 Å². The van der Waals surface area contributed by atoms with E-state index in [4.69, 9.17) is 11.6 Å². The Bertz CT molecular complexity index is 943. The number of amides is 1. The average Bonchev–Trinajstić information content (AvgIpc) is 3.01. The number of carbonyl (C=O) groups excluding carboxylic acids is 1. The summed E-state index contributed by atoms with van der Waals surface area (Å²) in [5.41, 5.74) is 0.691. The average molecular weight is 471 g/mol. The Morgan fingerprint density at radius 3 is 2.67 bits per heavy atom. The van der Waals surface area contributed by atoms with Crippen molar-refractivity contribution < 1.29 is 31.6 Å². The standard InChI is InChI=1S/C17H22ClF3N4O4S/c1-3-24(16(26)12(2)11-30(28,29)8-6-17(19,20)21)14-10-25(22-15(14)18)13-5-4-7-23(27)9-13/h4-5,9-10,12,27H,3,6-8,11H2,1-2H3. The smallest absolute Gasteiger partial charge is 0.308 e. The number of allylic oxidation sites excluding steroid dienone is 2. The molecule has 1 unspecified atom stereocenters. The molecular formula is C17H22ClF3N4O4S. The van der Waals surface area contributed by atoms with Gasteiger partial charge in [-0.05, 0) is 13.0 Å². The molecule has 0 fully saturated rings. The van der Waals surface area contributed by atoms with Crippen LogP contribution in [0.5, 0.6) is 0 Å². The van der Waals surface area contributed by atoms with Crippen molar-refractivity contribution in [2.24, 2.45) is 5.92 Å². The van der Waals surface area contributed by atoms with E-state index in [0.717, 1.165) is 5.06 Å². The Morgan fingerprint density at radius 2 is 2.10 bits per heavy atom. The summed E-state index contributed by atoms with van der Waals surface area (Å²) in [5, 5.41) is 14.6. The minimum absolute atomic E-state index is 0.0262. The first-order chi connectivity index (χ1) is 13.8. The summed E-state index contributed by atoms with van der Waals surface area (Å²) < 4.78 is 62.3. The second kappa shape index (κ2) is 9.40. The van der Waals surface area contributed by atoms with Crippen LogP contribution in [-0.4, -0.2) is 65.1 Å². The Labute approximate surface area is 177 Å². The predicted octanol–water partition coefficient (Wildman–Crippen LogP) is 2.95. The van der Waals surface area contributed by atoms with Gasteiger partial charge in [0, 0.05) is 12.5 Å². The number of hydrogen-bond donors (Lipinski definition) is 1. The largest absolute Gasteiger partial charge is 0.390 e. The second-order valence-corrected chi connectivity index (χ2v) is 9.38. The highest BCUT2D eigenvalue weighted by Gasteiger charge is 2.33. The van der Waals surface area contributed by atoms with Gasteiger partial charge in [0.1, 0.15) is 5.69 Å². The quantitative estimate of drug-likeness (QED) is 0.627. The fraction of sp³-hybridized carbons (Fsp3) is 0.529. The Hall–Kier alpha value is -2.05. The van der Waals surface area contributed by atoms with E-state index < -0.39 is 45.8 Å². The van der Waals surface area contributed by atoms with Gasteiger partial charge in [0.05, 0.1) is 42.6 Å². The molecule has 2 rings (SSSR count). The summed E-state index contributed by atoms with van der Waals surface area (Å²) in [4.78, 5) is 14.0. The third-order valence-corrected chi connectivity index (χ3v) is 6.38. The number of carbonyl (C=O) groups is 1. The number of anilines is 1. The van der Waals surface area contributed by atoms with Gasteiger partial charge < -0.3 is 4.90 Å². The summed E-state index contributed by atoms with van der Waals surface area (Å²) in [6.45, 7) is 3.42. The molecule has 30 heavy (non-hydrogen) atoms. The number of halogens is 4. The SMILES string of the molecule is CCN(C(=O)C(C)CS(=O)(=O)CCC(F)(F)F)c1cn(C2=CN(O)CC=C2)nc1Cl. The molecule has 0 bridgehead atoms. The zero-order valence-electron chi connectivity index (χ0n) is 16.3. The van der Waals surface area contributed by atoms with E-state index in [0.29, 0.717) is 12.2 Å². The molecule has 0 aliphatic carbocycles. The molecule has 168 valence electrons. The van der Waals surface area contributed by atoms with E-state index >= 15 is 0 Å². The van der Waals surface area contributed by atoms with Crippen LogP contribution < -0.4 is 4.90 Å². The number of rotatable bonds is 8. The lowest BCUT2D eigenvalue weighted by Crippen LogP contribution is -2.38. The molecule has 2 heterocycles. The van der Waals surface area contributed by atoms with Gasteiger partial charge in [-0.25, -0.2) is 13.1 Å². The molecule has 8 nitrogen and oxygen atoms in total. The van der Waals surface area contributed by atoms with Crippen LogP contribution in [0.25, 0.3) is 5.70 Å². The van der Waals surface area contributed by atoms with Crippen LogP contribution in [0.15, 0.2) is 24.5 Å². The van der Waals surface area contributed by atoms with Crippen LogP contribution in [-0.2, 0) is 14.6 Å². The highest BCUT2D eigenvalue weighted by atomic mass is 35.5. The zero-order chi connectivity index (χ0) is 22.7. The van der Waals surface area contributed by atoms with Crippen LogP contribution in [0, 0.1) is 5.92 Å². The molecule has 0 saturated carbocycles. The monoisotopic (exact) mass is 470 g/mol. The van der Waals surface area contributed by atoms with Gasteiger partial charge >= 0.3 is 6.18 Å². The van der Waals surface area contributed by atoms with E-state index in [1.807, 2.05) is 0 Å². The number of aromatic nitrogens is 2. The van der Waals surface area contributed by atoms with Gasteiger partial charge in [-0.3, -0.25) is 15.1 Å². The summed E-state index contributed by atoms with van der Waals surface area (Å²) in [7, 11) is -4.08. The van der Waals surface area contributed by atoms with Gasteiger partial charge in [-0.15, -0.1) is 0 Å². The topological polar surface area (TPSA) is 95.7 Å². The van der Waals surface area contributed by atoms with E-state index in [1.165, 1.54) is 28.9 Å². The summed E-state index contributed by atoms with van der Waals surface area (Å²) in [6, 6.07) is 0. The van der Waals surface area contributed by atoms with E-state index in [1.54, 1.807) is 19.1 Å². The van der Waals surface area contributed by atoms with Gasteiger partial charge in [0.25, 0.3) is 0 Å². The van der Waals surface area contributed by atoms with Crippen molar-refractivity contribution in [2.75, 3.05) is 29.5 Å². The van der Waals surface area contributed by atoms with Crippen molar-refractivity contribution in [3.63, 3.8) is 0 Å². The Kier molecular flexibility index (Phi) is 7.59. The van der Waals surface area contributed by atoms with Gasteiger partial charge in [-0.2, -0.15) is 18.3 Å². The second-order valence-electron chi connectivity index (χ2n) is 6.79. The van der Waals surface area contributed by atoms with Crippen LogP contribution in [0.3, 0.4) is 0 Å². The Morgan fingerprint density at radius 1 is 1.43 bits per heavy atom. The fourth-order valence-electron chi connectivity index (χ4n) is 2.84. The fourth-order valence-corrected chi connectivity index (χ4v) is 4.69. The lowest BCUT2D eigenvalue weighted by atomic mass is 10.2. The van der Waals surface area contributed by atoms with Crippen molar-refractivity contribution in [1.29, 1.82) is 0 Å². The van der Waals surface area contributed by atoms with Crippen LogP contribution in [0.4, 0.5) is 18.9 Å². The number of nitrogens with zero attached hydrogens (tertiary/aromatic N) is 4. The molecule has 1 amide bonds. The normalized spacial score (nSPS) is 15.8. The lowest BCUT2D eigenvalue weighted by Gasteiger charge is -2.23. The molecule has 1 aromatic rings. The van der Waals surface area contributed by atoms with Gasteiger partial charge in [0.15, 0.2) is 15.0 Å². The number of hydrogen-bond acceptors (Lipinski definition) is 6. The van der Waals surface area contributed by atoms with Crippen molar-refractivity contribution in [2.45, 2.75) is 26.4 Å². The molecule has 13 heteroatoms. The molecule has 1 aliphatic rings. The molecular weight excluding hydrogens is 449 g/mol. The maximum absolute atomic E-state index is 12.8. The first-order valence-electron chi connectivity index (χ1n) is 9.01. The van der Waals surface area contributed by atoms with Crippen molar-refractivity contribution in [3.05, 3.63) is 29.7 Å². The molecule has 0 saturated heterocycles. The zero-order valence-corrected chi connectivity index (χ0v) is 17.9. The first-order valence-corrected chi connectivity index (χ1v) is 11.2. The molecule has 0 aromatic carbocycles. The molecule has 0 spiro atoms. The van der Waals surface area contributed by atoms with E-state index in [9.17, 15) is 31.6 Å². The summed E-state index contributed by atoms with van der Waals surface area (Å²) in [6.07, 6.45) is 0.168. The Balaban J connectivity index is 2.17. The lowest BCUT2D eigenvalue weighted by molar-refractivity contribution is -0.129. The first kappa shape index (κ1) is 24.2. The molecule has 1 atom stereocenters. The maximum Gasteiger partial charge on any atom is 0.390 e. The highest BCUT2D eigenvalue weighted by Crippen LogP contribution is 2.28. The molecule has 1 N–H and O–H groups in total. The summed E-state index contributed by atoms with van der Waals surface area (Å²) in [5.74, 6) is -3.47. The van der Waals surface area contributed by atoms with Crippen molar-refractivity contribution in [3.8, 4) is 0 Å². The third-order valence-electron chi connectivity index (χ3n) is 4.27. The van der Waals surface area contributed by atoms with Gasteiger partial charge in [0.2, 0.25) is 5.91 Å². The van der Waals surface area contributed by atoms with Gasteiger partial charge in [-0.1, -0.05) is 24.6 Å². The molecule has 1 aliphatic heterocycles. The van der Waals surface area contributed by atoms with Crippen LogP contribution in [0.2, 0.25) is 5.15 Å².